The number of anilines is 1. The molecule has 2 heterocycles. The Labute approximate surface area is 119 Å². The van der Waals surface area contributed by atoms with E-state index in [0.29, 0.717) is 11.7 Å². The van der Waals surface area contributed by atoms with Gasteiger partial charge in [0.1, 0.15) is 5.82 Å². The lowest BCUT2D eigenvalue weighted by atomic mass is 10.0. The lowest BCUT2D eigenvalue weighted by molar-refractivity contribution is -0.137. The number of thiophene rings is 1. The summed E-state index contributed by atoms with van der Waals surface area (Å²) in [6.45, 7) is 4.11. The molecular formula is C14H15F3N2S. The largest absolute Gasteiger partial charge is 0.417 e. The van der Waals surface area contributed by atoms with Crippen LogP contribution in [0.15, 0.2) is 35.8 Å². The molecule has 2 nitrogen and oxygen atoms in total. The van der Waals surface area contributed by atoms with Gasteiger partial charge in [0.05, 0.1) is 11.6 Å². The van der Waals surface area contributed by atoms with Gasteiger partial charge in [0.15, 0.2) is 0 Å². The summed E-state index contributed by atoms with van der Waals surface area (Å²) in [5.74, 6) is 0.753. The molecule has 0 spiro atoms. The minimum absolute atomic E-state index is 0.0410. The molecule has 20 heavy (non-hydrogen) atoms. The van der Waals surface area contributed by atoms with Gasteiger partial charge in [0.2, 0.25) is 0 Å². The van der Waals surface area contributed by atoms with E-state index >= 15 is 0 Å². The zero-order valence-electron chi connectivity index (χ0n) is 11.1. The van der Waals surface area contributed by atoms with Crippen molar-refractivity contribution in [2.45, 2.75) is 26.1 Å². The van der Waals surface area contributed by atoms with Crippen molar-refractivity contribution in [2.75, 3.05) is 5.32 Å². The molecule has 2 aromatic rings. The minimum Gasteiger partial charge on any atom is -0.362 e. The second-order valence-corrected chi connectivity index (χ2v) is 5.79. The van der Waals surface area contributed by atoms with Gasteiger partial charge in [0.25, 0.3) is 0 Å². The first-order valence-electron chi connectivity index (χ1n) is 6.21. The molecule has 0 amide bonds. The standard InChI is InChI=1S/C14H15F3N2S/c1-9(2)13(11-4-3-7-20-11)19-12-6-5-10(8-18-12)14(15,16)17/h3-9,13H,1-2H3,(H,18,19). The third-order valence-corrected chi connectivity index (χ3v) is 3.87. The molecule has 0 aromatic carbocycles. The average Bonchev–Trinajstić information content (AvgIpc) is 2.88. The number of pyridine rings is 1. The molecule has 2 rings (SSSR count). The fraction of sp³-hybridized carbons (Fsp3) is 0.357. The zero-order chi connectivity index (χ0) is 14.8. The Morgan fingerprint density at radius 3 is 2.40 bits per heavy atom. The zero-order valence-corrected chi connectivity index (χ0v) is 11.9. The molecule has 0 saturated heterocycles. The van der Waals surface area contributed by atoms with Crippen molar-refractivity contribution in [2.24, 2.45) is 5.92 Å². The maximum absolute atomic E-state index is 12.5. The lowest BCUT2D eigenvalue weighted by Crippen LogP contribution is -2.16. The van der Waals surface area contributed by atoms with Gasteiger partial charge in [-0.2, -0.15) is 13.2 Å². The van der Waals surface area contributed by atoms with Gasteiger partial charge in [-0.3, -0.25) is 0 Å². The predicted molar refractivity (Wildman–Crippen MR) is 74.8 cm³/mol. The van der Waals surface area contributed by atoms with E-state index in [0.717, 1.165) is 17.1 Å². The van der Waals surface area contributed by atoms with E-state index in [1.165, 1.54) is 6.07 Å². The molecule has 6 heteroatoms. The Kier molecular flexibility index (Phi) is 4.32. The van der Waals surface area contributed by atoms with Gasteiger partial charge >= 0.3 is 6.18 Å². The molecule has 0 fully saturated rings. The molecule has 1 atom stereocenters. The lowest BCUT2D eigenvalue weighted by Gasteiger charge is -2.22. The highest BCUT2D eigenvalue weighted by Gasteiger charge is 2.30. The molecule has 0 aliphatic carbocycles. The van der Waals surface area contributed by atoms with Crippen molar-refractivity contribution < 1.29 is 13.2 Å². The first-order valence-corrected chi connectivity index (χ1v) is 7.09. The Morgan fingerprint density at radius 1 is 1.20 bits per heavy atom. The van der Waals surface area contributed by atoms with Crippen molar-refractivity contribution in [1.82, 2.24) is 4.98 Å². The van der Waals surface area contributed by atoms with E-state index < -0.39 is 11.7 Å². The summed E-state index contributed by atoms with van der Waals surface area (Å²) in [6.07, 6.45) is -3.50. The number of nitrogens with one attached hydrogen (secondary N) is 1. The highest BCUT2D eigenvalue weighted by molar-refractivity contribution is 7.10. The third-order valence-electron chi connectivity index (χ3n) is 2.91. The molecule has 108 valence electrons. The molecule has 0 bridgehead atoms. The van der Waals surface area contributed by atoms with Gasteiger partial charge in [-0.1, -0.05) is 19.9 Å². The molecular weight excluding hydrogens is 285 g/mol. The van der Waals surface area contributed by atoms with Crippen molar-refractivity contribution in [3.05, 3.63) is 46.3 Å². The van der Waals surface area contributed by atoms with Crippen LogP contribution in [0.25, 0.3) is 0 Å². The first kappa shape index (κ1) is 14.8. The van der Waals surface area contributed by atoms with Crippen molar-refractivity contribution in [1.29, 1.82) is 0 Å². The minimum atomic E-state index is -4.35. The maximum atomic E-state index is 12.5. The van der Waals surface area contributed by atoms with E-state index in [4.69, 9.17) is 0 Å². The van der Waals surface area contributed by atoms with Crippen LogP contribution in [0, 0.1) is 5.92 Å². The molecule has 1 unspecified atom stereocenters. The number of hydrogen-bond donors (Lipinski definition) is 1. The quantitative estimate of drug-likeness (QED) is 0.862. The number of rotatable bonds is 4. The normalized spacial score (nSPS) is 13.5. The summed E-state index contributed by atoms with van der Waals surface area (Å²) in [4.78, 5) is 4.99. The first-order chi connectivity index (χ1) is 9.38. The van der Waals surface area contributed by atoms with E-state index in [9.17, 15) is 13.2 Å². The second kappa shape index (κ2) is 5.83. The highest BCUT2D eigenvalue weighted by Crippen LogP contribution is 2.31. The average molecular weight is 300 g/mol. The van der Waals surface area contributed by atoms with Crippen LogP contribution in [0.3, 0.4) is 0 Å². The molecule has 0 aliphatic rings. The van der Waals surface area contributed by atoms with Crippen LogP contribution >= 0.6 is 11.3 Å². The van der Waals surface area contributed by atoms with Crippen molar-refractivity contribution in [3.63, 3.8) is 0 Å². The van der Waals surface area contributed by atoms with Crippen molar-refractivity contribution >= 4 is 17.2 Å². The second-order valence-electron chi connectivity index (χ2n) is 4.81. The van der Waals surface area contributed by atoms with E-state index in [-0.39, 0.29) is 6.04 Å². The number of halogens is 3. The van der Waals surface area contributed by atoms with Gasteiger partial charge in [-0.05, 0) is 29.5 Å². The summed E-state index contributed by atoms with van der Waals surface area (Å²) in [5, 5.41) is 5.17. The molecule has 0 radical (unpaired) electrons. The van der Waals surface area contributed by atoms with Crippen LogP contribution < -0.4 is 5.32 Å². The number of alkyl halides is 3. The van der Waals surface area contributed by atoms with E-state index in [1.54, 1.807) is 11.3 Å². The van der Waals surface area contributed by atoms with Gasteiger partial charge in [-0.25, -0.2) is 4.98 Å². The van der Waals surface area contributed by atoms with Crippen LogP contribution in [0.2, 0.25) is 0 Å². The number of aromatic nitrogens is 1. The Bertz CT molecular complexity index is 533. The molecule has 1 N–H and O–H groups in total. The Balaban J connectivity index is 2.16. The summed E-state index contributed by atoms with van der Waals surface area (Å²) < 4.78 is 37.4. The fourth-order valence-corrected chi connectivity index (χ4v) is 2.79. The van der Waals surface area contributed by atoms with Crippen LogP contribution in [-0.2, 0) is 6.18 Å². The Hall–Kier alpha value is -1.56. The van der Waals surface area contributed by atoms with Crippen LogP contribution in [0.5, 0.6) is 0 Å². The monoisotopic (exact) mass is 300 g/mol. The molecule has 0 aliphatic heterocycles. The Morgan fingerprint density at radius 2 is 1.95 bits per heavy atom. The highest BCUT2D eigenvalue weighted by atomic mass is 32.1. The summed E-state index contributed by atoms with van der Waals surface area (Å²) in [6, 6.07) is 6.41. The number of nitrogens with zero attached hydrogens (tertiary/aromatic N) is 1. The van der Waals surface area contributed by atoms with Gasteiger partial charge in [0, 0.05) is 11.1 Å². The molecule has 2 aromatic heterocycles. The summed E-state index contributed by atoms with van der Waals surface area (Å²) in [5.41, 5.74) is -0.736. The van der Waals surface area contributed by atoms with Crippen LogP contribution in [0.4, 0.5) is 19.0 Å². The summed E-state index contributed by atoms with van der Waals surface area (Å²) in [7, 11) is 0. The predicted octanol–water partition coefficient (Wildman–Crippen LogP) is 4.97. The fourth-order valence-electron chi connectivity index (χ4n) is 1.84. The SMILES string of the molecule is CC(C)C(Nc1ccc(C(F)(F)F)cn1)c1cccs1. The maximum Gasteiger partial charge on any atom is 0.417 e. The van der Waals surface area contributed by atoms with Gasteiger partial charge < -0.3 is 5.32 Å². The summed E-state index contributed by atoms with van der Waals surface area (Å²) >= 11 is 1.62. The van der Waals surface area contributed by atoms with Crippen LogP contribution in [0.1, 0.15) is 30.3 Å². The van der Waals surface area contributed by atoms with Crippen LogP contribution in [-0.4, -0.2) is 4.98 Å². The molecule has 0 saturated carbocycles. The third kappa shape index (κ3) is 3.50. The van der Waals surface area contributed by atoms with E-state index in [1.807, 2.05) is 17.5 Å². The van der Waals surface area contributed by atoms with Gasteiger partial charge in [-0.15, -0.1) is 11.3 Å². The topological polar surface area (TPSA) is 24.9 Å². The smallest absolute Gasteiger partial charge is 0.362 e. The van der Waals surface area contributed by atoms with E-state index in [2.05, 4.69) is 24.1 Å². The van der Waals surface area contributed by atoms with Crippen molar-refractivity contribution in [3.8, 4) is 0 Å². The number of hydrogen-bond acceptors (Lipinski definition) is 3.